The number of fused-ring (bicyclic) bond motifs is 2. The average Bonchev–Trinajstić information content (AvgIpc) is 3.27. The van der Waals surface area contributed by atoms with Crippen LogP contribution in [0.15, 0.2) is 42.9 Å². The van der Waals surface area contributed by atoms with Gasteiger partial charge < -0.3 is 19.4 Å². The van der Waals surface area contributed by atoms with Crippen LogP contribution in [0.3, 0.4) is 0 Å². The zero-order valence-electron chi connectivity index (χ0n) is 14.8. The Kier molecular flexibility index (Phi) is 5.32. The van der Waals surface area contributed by atoms with Crippen LogP contribution < -0.4 is 0 Å². The van der Waals surface area contributed by atoms with Crippen LogP contribution in [0.5, 0.6) is 0 Å². The molecule has 2 aromatic heterocycles. The number of aromatic nitrogens is 2. The summed E-state index contributed by atoms with van der Waals surface area (Å²) < 4.78 is 12.2. The highest BCUT2D eigenvalue weighted by molar-refractivity contribution is 5.77. The molecule has 6 nitrogen and oxygen atoms in total. The molecule has 0 unspecified atom stereocenters. The third-order valence-corrected chi connectivity index (χ3v) is 5.34. The Morgan fingerprint density at radius 3 is 3.00 bits per heavy atom. The highest BCUT2D eigenvalue weighted by atomic mass is 16.5. The van der Waals surface area contributed by atoms with Crippen molar-refractivity contribution in [2.45, 2.75) is 50.5 Å². The summed E-state index contributed by atoms with van der Waals surface area (Å²) in [5.41, 5.74) is 2.19. The molecule has 1 amide bonds. The third-order valence-electron chi connectivity index (χ3n) is 5.34. The van der Waals surface area contributed by atoms with E-state index >= 15 is 0 Å². The largest absolute Gasteiger partial charge is 0.374 e. The number of H-pyrrole nitrogens is 1. The van der Waals surface area contributed by atoms with E-state index in [2.05, 4.69) is 9.97 Å². The predicted octanol–water partition coefficient (Wildman–Crippen LogP) is 2.32. The Labute approximate surface area is 153 Å². The maximum Gasteiger partial charge on any atom is 0.223 e. The first-order chi connectivity index (χ1) is 12.8. The Balaban J connectivity index is 1.40. The molecule has 1 aliphatic heterocycles. The van der Waals surface area contributed by atoms with Gasteiger partial charge in [-0.25, -0.2) is 0 Å². The molecule has 0 spiro atoms. The number of nitrogens with zero attached hydrogens (tertiary/aromatic N) is 2. The van der Waals surface area contributed by atoms with Gasteiger partial charge in [0, 0.05) is 37.3 Å². The minimum Gasteiger partial charge on any atom is -0.374 e. The number of carbonyl (C=O) groups excluding carboxylic acids is 1. The molecule has 1 saturated heterocycles. The summed E-state index contributed by atoms with van der Waals surface area (Å²) in [6, 6.07) is 8.01. The minimum atomic E-state index is -0.0555. The monoisotopic (exact) mass is 355 g/mol. The summed E-state index contributed by atoms with van der Waals surface area (Å²) in [6.07, 6.45) is 8.61. The molecule has 3 atom stereocenters. The van der Waals surface area contributed by atoms with E-state index in [1.54, 1.807) is 12.4 Å². The fourth-order valence-corrected chi connectivity index (χ4v) is 4.00. The maximum absolute atomic E-state index is 12.8. The second-order valence-corrected chi connectivity index (χ2v) is 6.97. The van der Waals surface area contributed by atoms with Crippen LogP contribution in [0.4, 0.5) is 0 Å². The molecule has 2 bridgehead atoms. The smallest absolute Gasteiger partial charge is 0.223 e. The molecule has 1 saturated carbocycles. The van der Waals surface area contributed by atoms with Crippen LogP contribution >= 0.6 is 0 Å². The number of rotatable bonds is 6. The van der Waals surface area contributed by atoms with Gasteiger partial charge in [0.05, 0.1) is 25.4 Å². The quantitative estimate of drug-likeness (QED) is 0.863. The molecule has 2 aromatic rings. The number of carbonyl (C=O) groups is 1. The van der Waals surface area contributed by atoms with Crippen molar-refractivity contribution in [2.75, 3.05) is 13.2 Å². The highest BCUT2D eigenvalue weighted by Crippen LogP contribution is 2.33. The van der Waals surface area contributed by atoms with Crippen molar-refractivity contribution in [3.8, 4) is 0 Å². The molecule has 1 aliphatic carbocycles. The second kappa shape index (κ2) is 8.01. The molecular formula is C20H25N3O3. The summed E-state index contributed by atoms with van der Waals surface area (Å²) in [7, 11) is 0. The summed E-state index contributed by atoms with van der Waals surface area (Å²) in [5.74, 6) is 0.188. The SMILES string of the molecule is O=C(CCc1ccc[nH]1)N1CCO[C@H]2CC[C@H]1[C@H]2OCc1ccncc1. The number of hydrogen-bond donors (Lipinski definition) is 1. The molecule has 1 N–H and O–H groups in total. The lowest BCUT2D eigenvalue weighted by Crippen LogP contribution is -2.46. The van der Waals surface area contributed by atoms with Crippen LogP contribution in [-0.4, -0.2) is 52.2 Å². The highest BCUT2D eigenvalue weighted by Gasteiger charge is 2.44. The van der Waals surface area contributed by atoms with E-state index < -0.39 is 0 Å². The first kappa shape index (κ1) is 17.2. The van der Waals surface area contributed by atoms with Gasteiger partial charge >= 0.3 is 0 Å². The van der Waals surface area contributed by atoms with Crippen molar-refractivity contribution in [2.24, 2.45) is 0 Å². The zero-order valence-corrected chi connectivity index (χ0v) is 14.8. The molecule has 2 fully saturated rings. The third kappa shape index (κ3) is 3.81. The van der Waals surface area contributed by atoms with Crippen molar-refractivity contribution >= 4 is 5.91 Å². The van der Waals surface area contributed by atoms with Crippen LogP contribution in [0.1, 0.15) is 30.5 Å². The van der Waals surface area contributed by atoms with Crippen molar-refractivity contribution in [1.82, 2.24) is 14.9 Å². The molecule has 0 radical (unpaired) electrons. The van der Waals surface area contributed by atoms with Gasteiger partial charge in [0.25, 0.3) is 0 Å². The Morgan fingerprint density at radius 1 is 1.31 bits per heavy atom. The van der Waals surface area contributed by atoms with Gasteiger partial charge in [0.1, 0.15) is 6.10 Å². The van der Waals surface area contributed by atoms with E-state index in [0.29, 0.717) is 26.2 Å². The summed E-state index contributed by atoms with van der Waals surface area (Å²) in [5, 5.41) is 0. The number of aromatic amines is 1. The predicted molar refractivity (Wildman–Crippen MR) is 96.4 cm³/mol. The van der Waals surface area contributed by atoms with E-state index in [4.69, 9.17) is 9.47 Å². The van der Waals surface area contributed by atoms with E-state index in [1.165, 1.54) is 0 Å². The van der Waals surface area contributed by atoms with Crippen LogP contribution in [0.25, 0.3) is 0 Å². The number of amides is 1. The molecule has 138 valence electrons. The Hall–Kier alpha value is -2.18. The number of pyridine rings is 1. The van der Waals surface area contributed by atoms with Crippen LogP contribution in [-0.2, 0) is 27.3 Å². The molecule has 0 aromatic carbocycles. The Morgan fingerprint density at radius 2 is 2.19 bits per heavy atom. The van der Waals surface area contributed by atoms with Crippen molar-refractivity contribution in [3.05, 3.63) is 54.1 Å². The van der Waals surface area contributed by atoms with Crippen LogP contribution in [0.2, 0.25) is 0 Å². The lowest BCUT2D eigenvalue weighted by Gasteiger charge is -2.31. The molecule has 26 heavy (non-hydrogen) atoms. The molecule has 3 heterocycles. The zero-order chi connectivity index (χ0) is 17.8. The lowest BCUT2D eigenvalue weighted by molar-refractivity contribution is -0.136. The van der Waals surface area contributed by atoms with Crippen molar-refractivity contribution < 1.29 is 14.3 Å². The standard InChI is InChI=1S/C20H25N3O3/c24-19(6-3-16-2-1-9-22-16)23-12-13-25-18-5-4-17(23)20(18)26-14-15-7-10-21-11-8-15/h1-2,7-11,17-18,20,22H,3-6,12-14H2/t17-,18-,20+/m0/s1. The summed E-state index contributed by atoms with van der Waals surface area (Å²) >= 11 is 0. The fourth-order valence-electron chi connectivity index (χ4n) is 4.00. The van der Waals surface area contributed by atoms with Gasteiger partial charge in [0.2, 0.25) is 5.91 Å². The normalized spacial score (nSPS) is 25.2. The Bertz CT molecular complexity index is 704. The van der Waals surface area contributed by atoms with Crippen molar-refractivity contribution in [1.29, 1.82) is 0 Å². The topological polar surface area (TPSA) is 67.5 Å². The maximum atomic E-state index is 12.8. The second-order valence-electron chi connectivity index (χ2n) is 6.97. The summed E-state index contributed by atoms with van der Waals surface area (Å²) in [4.78, 5) is 22.0. The minimum absolute atomic E-state index is 0.0555. The van der Waals surface area contributed by atoms with Crippen molar-refractivity contribution in [3.63, 3.8) is 0 Å². The number of hydrogen-bond acceptors (Lipinski definition) is 4. The van der Waals surface area contributed by atoms with Crippen LogP contribution in [0, 0.1) is 0 Å². The molecular weight excluding hydrogens is 330 g/mol. The van der Waals surface area contributed by atoms with E-state index in [9.17, 15) is 4.79 Å². The van der Waals surface area contributed by atoms with Gasteiger partial charge in [-0.05, 0) is 49.1 Å². The first-order valence-electron chi connectivity index (χ1n) is 9.35. The van der Waals surface area contributed by atoms with E-state index in [0.717, 1.165) is 30.5 Å². The lowest BCUT2D eigenvalue weighted by atomic mass is 10.1. The molecule has 2 aliphatic rings. The van der Waals surface area contributed by atoms with E-state index in [1.807, 2.05) is 35.4 Å². The van der Waals surface area contributed by atoms with Gasteiger partial charge in [-0.1, -0.05) is 0 Å². The number of nitrogens with one attached hydrogen (secondary N) is 1. The number of ether oxygens (including phenoxy) is 2. The average molecular weight is 355 g/mol. The van der Waals surface area contributed by atoms with Gasteiger partial charge in [0.15, 0.2) is 0 Å². The summed E-state index contributed by atoms with van der Waals surface area (Å²) in [6.45, 7) is 1.76. The van der Waals surface area contributed by atoms with Gasteiger partial charge in [-0.3, -0.25) is 9.78 Å². The fraction of sp³-hybridized carbons (Fsp3) is 0.500. The van der Waals surface area contributed by atoms with Gasteiger partial charge in [-0.15, -0.1) is 0 Å². The first-order valence-corrected chi connectivity index (χ1v) is 9.35. The molecule has 6 heteroatoms. The van der Waals surface area contributed by atoms with E-state index in [-0.39, 0.29) is 24.2 Å². The molecule has 4 rings (SSSR count). The van der Waals surface area contributed by atoms with Gasteiger partial charge in [-0.2, -0.15) is 0 Å². The number of aryl methyl sites for hydroxylation is 1.